The molecule has 0 bridgehead atoms. The molecule has 0 saturated heterocycles. The van der Waals surface area contributed by atoms with Gasteiger partial charge in [-0.1, -0.05) is 6.92 Å². The van der Waals surface area contributed by atoms with E-state index in [9.17, 15) is 16.8 Å². The molecule has 2 heterocycles. The molecule has 0 radical (unpaired) electrons. The van der Waals surface area contributed by atoms with Crippen LogP contribution in [0.5, 0.6) is 0 Å². The van der Waals surface area contributed by atoms with Crippen molar-refractivity contribution in [3.05, 3.63) is 11.6 Å². The van der Waals surface area contributed by atoms with Gasteiger partial charge in [0.2, 0.25) is 10.0 Å². The Hall–Kier alpha value is -0.480. The maximum Gasteiger partial charge on any atom is 0.247 e. The Kier molecular flexibility index (Phi) is 3.54. The Morgan fingerprint density at radius 3 is 2.78 bits per heavy atom. The van der Waals surface area contributed by atoms with Crippen molar-refractivity contribution in [3.8, 4) is 0 Å². The zero-order valence-corrected chi connectivity index (χ0v) is 12.2. The van der Waals surface area contributed by atoms with Gasteiger partial charge in [0.1, 0.15) is 8.42 Å². The quantitative estimate of drug-likeness (QED) is 0.831. The summed E-state index contributed by atoms with van der Waals surface area (Å²) in [7, 11) is -7.23. The highest BCUT2D eigenvalue weighted by molar-refractivity contribution is 7.95. The van der Waals surface area contributed by atoms with Crippen molar-refractivity contribution >= 4 is 31.2 Å². The molecule has 102 valence electrons. The zero-order chi connectivity index (χ0) is 13.6. The summed E-state index contributed by atoms with van der Waals surface area (Å²) in [5, 5.41) is 8.19. The average molecular weight is 310 g/mol. The SMILES string of the molecule is CCN[C@@H]1CCS(=O)(=O)c2sc(S(N)(=O)=O)cc21. The molecule has 0 spiro atoms. The maximum atomic E-state index is 11.9. The zero-order valence-electron chi connectivity index (χ0n) is 9.71. The maximum absolute atomic E-state index is 11.9. The first-order chi connectivity index (χ1) is 8.25. The van der Waals surface area contributed by atoms with Crippen LogP contribution in [0.2, 0.25) is 0 Å². The summed E-state index contributed by atoms with van der Waals surface area (Å²) in [5.74, 6) is 0.0300. The number of nitrogens with two attached hydrogens (primary N) is 1. The number of nitrogens with one attached hydrogen (secondary N) is 1. The summed E-state index contributed by atoms with van der Waals surface area (Å²) in [4.78, 5) is 0. The smallest absolute Gasteiger partial charge is 0.247 e. The van der Waals surface area contributed by atoms with E-state index in [2.05, 4.69) is 5.32 Å². The third-order valence-electron chi connectivity index (χ3n) is 2.77. The second-order valence-electron chi connectivity index (χ2n) is 4.07. The third kappa shape index (κ3) is 2.45. The highest BCUT2D eigenvalue weighted by Gasteiger charge is 2.34. The highest BCUT2D eigenvalue weighted by Crippen LogP contribution is 2.39. The van der Waals surface area contributed by atoms with Crippen molar-refractivity contribution < 1.29 is 16.8 Å². The lowest BCUT2D eigenvalue weighted by Gasteiger charge is -2.22. The largest absolute Gasteiger partial charge is 0.310 e. The van der Waals surface area contributed by atoms with Crippen LogP contribution >= 0.6 is 11.3 Å². The van der Waals surface area contributed by atoms with Gasteiger partial charge in [-0.25, -0.2) is 22.0 Å². The number of primary sulfonamides is 1. The first-order valence-corrected chi connectivity index (χ1v) is 9.40. The lowest BCUT2D eigenvalue weighted by molar-refractivity contribution is 0.509. The summed E-state index contributed by atoms with van der Waals surface area (Å²) in [6.45, 7) is 2.60. The first-order valence-electron chi connectivity index (χ1n) is 5.38. The van der Waals surface area contributed by atoms with Gasteiger partial charge in [-0.15, -0.1) is 11.3 Å². The van der Waals surface area contributed by atoms with Gasteiger partial charge >= 0.3 is 0 Å². The van der Waals surface area contributed by atoms with Crippen LogP contribution < -0.4 is 10.5 Å². The van der Waals surface area contributed by atoms with Crippen LogP contribution in [0.15, 0.2) is 14.5 Å². The number of thiophene rings is 1. The van der Waals surface area contributed by atoms with Gasteiger partial charge in [0, 0.05) is 11.6 Å². The molecule has 1 aliphatic rings. The van der Waals surface area contributed by atoms with Crippen molar-refractivity contribution in [2.24, 2.45) is 5.14 Å². The van der Waals surface area contributed by atoms with Crippen molar-refractivity contribution in [3.63, 3.8) is 0 Å². The molecule has 0 aromatic carbocycles. The van der Waals surface area contributed by atoms with Crippen LogP contribution in [0.1, 0.15) is 24.9 Å². The highest BCUT2D eigenvalue weighted by atomic mass is 32.3. The molecule has 18 heavy (non-hydrogen) atoms. The van der Waals surface area contributed by atoms with Crippen molar-refractivity contribution in [1.29, 1.82) is 0 Å². The Bertz CT molecular complexity index is 660. The van der Waals surface area contributed by atoms with Crippen molar-refractivity contribution in [1.82, 2.24) is 5.32 Å². The van der Waals surface area contributed by atoms with Crippen LogP contribution in [0, 0.1) is 0 Å². The Labute approximate surface area is 110 Å². The van der Waals surface area contributed by atoms with E-state index in [0.717, 1.165) is 11.3 Å². The van der Waals surface area contributed by atoms with E-state index in [1.54, 1.807) is 0 Å². The standard InChI is InChI=1S/C9H14N2O4S3/c1-2-11-7-3-4-17(12,13)9-6(7)5-8(16-9)18(10,14)15/h5,7,11H,2-4H2,1H3,(H2,10,14,15)/t7-/m1/s1. The van der Waals surface area contributed by atoms with Gasteiger partial charge in [-0.05, 0) is 19.0 Å². The van der Waals surface area contributed by atoms with E-state index >= 15 is 0 Å². The van der Waals surface area contributed by atoms with Crippen molar-refractivity contribution in [2.45, 2.75) is 27.8 Å². The fourth-order valence-electron chi connectivity index (χ4n) is 1.97. The van der Waals surface area contributed by atoms with Crippen LogP contribution in [0.25, 0.3) is 0 Å². The monoisotopic (exact) mass is 310 g/mol. The third-order valence-corrected chi connectivity index (χ3v) is 7.72. The van der Waals surface area contributed by atoms with Crippen LogP contribution in [-0.2, 0) is 19.9 Å². The van der Waals surface area contributed by atoms with Crippen LogP contribution in [0.3, 0.4) is 0 Å². The molecule has 0 amide bonds. The molecule has 6 nitrogen and oxygen atoms in total. The molecular weight excluding hydrogens is 296 g/mol. The molecule has 3 N–H and O–H groups in total. The van der Waals surface area contributed by atoms with Crippen LogP contribution in [-0.4, -0.2) is 29.1 Å². The fourth-order valence-corrected chi connectivity index (χ4v) is 6.14. The van der Waals surface area contributed by atoms with Crippen molar-refractivity contribution in [2.75, 3.05) is 12.3 Å². The number of fused-ring (bicyclic) bond motifs is 1. The Balaban J connectivity index is 2.60. The molecule has 1 aromatic rings. The molecule has 0 saturated carbocycles. The van der Waals surface area contributed by atoms with Gasteiger partial charge in [-0.2, -0.15) is 0 Å². The molecule has 9 heteroatoms. The molecule has 2 rings (SSSR count). The minimum absolute atomic E-state index is 0.0300. The second-order valence-corrected chi connectivity index (χ2v) is 9.22. The molecule has 0 fully saturated rings. The number of hydrogen-bond acceptors (Lipinski definition) is 6. The summed E-state index contributed by atoms with van der Waals surface area (Å²) in [6, 6.07) is 1.25. The predicted octanol–water partition coefficient (Wildman–Crippen LogP) is 0.224. The topological polar surface area (TPSA) is 106 Å². The second kappa shape index (κ2) is 4.57. The first kappa shape index (κ1) is 13.9. The Morgan fingerprint density at radius 1 is 1.56 bits per heavy atom. The summed E-state index contributed by atoms with van der Waals surface area (Å²) < 4.78 is 46.5. The van der Waals surface area contributed by atoms with E-state index in [1.807, 2.05) is 6.92 Å². The van der Waals surface area contributed by atoms with Gasteiger partial charge in [-0.3, -0.25) is 0 Å². The summed E-state index contributed by atoms with van der Waals surface area (Å²) in [5.41, 5.74) is 0.525. The molecule has 1 atom stereocenters. The van der Waals surface area contributed by atoms with E-state index in [0.29, 0.717) is 18.5 Å². The minimum atomic E-state index is -3.86. The molecule has 1 aliphatic heterocycles. The van der Waals surface area contributed by atoms with E-state index in [-0.39, 0.29) is 20.2 Å². The molecule has 1 aromatic heterocycles. The average Bonchev–Trinajstić information content (AvgIpc) is 2.68. The molecule has 0 unspecified atom stereocenters. The minimum Gasteiger partial charge on any atom is -0.310 e. The number of sulfone groups is 1. The Morgan fingerprint density at radius 2 is 2.22 bits per heavy atom. The van der Waals surface area contributed by atoms with E-state index in [4.69, 9.17) is 5.14 Å². The van der Waals surface area contributed by atoms with E-state index < -0.39 is 19.9 Å². The lowest BCUT2D eigenvalue weighted by Crippen LogP contribution is -2.28. The van der Waals surface area contributed by atoms with Gasteiger partial charge in [0.05, 0.1) is 5.75 Å². The summed E-state index contributed by atoms with van der Waals surface area (Å²) in [6.07, 6.45) is 0.448. The molecular formula is C9H14N2O4S3. The fraction of sp³-hybridized carbons (Fsp3) is 0.556. The van der Waals surface area contributed by atoms with Gasteiger partial charge in [0.15, 0.2) is 9.84 Å². The number of rotatable bonds is 3. The molecule has 0 aliphatic carbocycles. The lowest BCUT2D eigenvalue weighted by atomic mass is 10.1. The van der Waals surface area contributed by atoms with Crippen LogP contribution in [0.4, 0.5) is 0 Å². The summed E-state index contributed by atoms with van der Waals surface area (Å²) >= 11 is 0.738. The van der Waals surface area contributed by atoms with E-state index in [1.165, 1.54) is 6.07 Å². The normalized spacial score (nSPS) is 22.7. The van der Waals surface area contributed by atoms with Gasteiger partial charge < -0.3 is 5.32 Å². The predicted molar refractivity (Wildman–Crippen MR) is 68.8 cm³/mol. The number of hydrogen-bond donors (Lipinski definition) is 2. The number of sulfonamides is 1. The van der Waals surface area contributed by atoms with Gasteiger partial charge in [0.25, 0.3) is 0 Å².